The maximum absolute atomic E-state index is 6.94. The highest BCUT2D eigenvalue weighted by Crippen LogP contribution is 2.49. The average Bonchev–Trinajstić information content (AvgIpc) is 3.49. The number of aromatic nitrogens is 2. The zero-order valence-electron chi connectivity index (χ0n) is 29.4. The molecule has 0 saturated carbocycles. The molecule has 1 aliphatic rings. The summed E-state index contributed by atoms with van der Waals surface area (Å²) in [6.45, 7) is 4.96. The number of unbranched alkanes of at least 4 members (excludes halogenated alkanes) is 10. The number of ether oxygens (including phenoxy) is 1. The number of hydrogen-bond acceptors (Lipinski definition) is 5. The Labute approximate surface area is 284 Å². The van der Waals surface area contributed by atoms with Crippen LogP contribution in [0, 0.1) is 0 Å². The summed E-state index contributed by atoms with van der Waals surface area (Å²) in [5, 5.41) is 0. The molecular weight excluding hydrogens is 576 g/mol. The minimum absolute atomic E-state index is 0.404. The third kappa shape index (κ3) is 8.61. The maximum atomic E-state index is 6.94. The first-order chi connectivity index (χ1) is 23.1. The zero-order chi connectivity index (χ0) is 32.9. The topological polar surface area (TPSA) is 41.5 Å². The van der Waals surface area contributed by atoms with Crippen LogP contribution in [-0.4, -0.2) is 24.1 Å². The van der Waals surface area contributed by atoms with Crippen LogP contribution in [0.5, 0.6) is 0 Å². The minimum atomic E-state index is -0.962. The standard InChI is InChI=1S/C42H56N4O/c1-5-7-9-11-13-15-17-34-19-25-38(26-20-34)46(39-27-21-35(22-28-39)18-16-14-12-10-8-6-2)42(36-23-29-37(30-24-36)45(3)4)41-40(33-47-42)43-31-32-44-41/h19-32H,5-18,33H2,1-4H3. The fourth-order valence-corrected chi connectivity index (χ4v) is 6.86. The van der Waals surface area contributed by atoms with Gasteiger partial charge in [0.05, 0.1) is 12.3 Å². The van der Waals surface area contributed by atoms with E-state index in [1.54, 1.807) is 12.4 Å². The molecule has 2 heterocycles. The lowest BCUT2D eigenvalue weighted by Crippen LogP contribution is -2.45. The zero-order valence-corrected chi connectivity index (χ0v) is 29.4. The summed E-state index contributed by atoms with van der Waals surface area (Å²) in [7, 11) is 4.15. The van der Waals surface area contributed by atoms with Gasteiger partial charge in [-0.3, -0.25) is 9.97 Å². The molecule has 47 heavy (non-hydrogen) atoms. The maximum Gasteiger partial charge on any atom is 0.217 e. The molecule has 0 fully saturated rings. The summed E-state index contributed by atoms with van der Waals surface area (Å²) < 4.78 is 6.94. The molecule has 0 aliphatic carbocycles. The minimum Gasteiger partial charge on any atom is -0.378 e. The molecule has 0 bridgehead atoms. The fourth-order valence-electron chi connectivity index (χ4n) is 6.86. The Balaban J connectivity index is 1.49. The van der Waals surface area contributed by atoms with Crippen LogP contribution >= 0.6 is 0 Å². The van der Waals surface area contributed by atoms with Gasteiger partial charge in [0.1, 0.15) is 5.69 Å². The van der Waals surface area contributed by atoms with E-state index in [2.05, 4.69) is 111 Å². The number of aryl methyl sites for hydroxylation is 2. The van der Waals surface area contributed by atoms with E-state index < -0.39 is 5.72 Å². The highest BCUT2D eigenvalue weighted by molar-refractivity contribution is 5.70. The van der Waals surface area contributed by atoms with Crippen molar-refractivity contribution in [3.05, 3.63) is 113 Å². The number of benzene rings is 3. The van der Waals surface area contributed by atoms with Crippen molar-refractivity contribution in [1.82, 2.24) is 9.97 Å². The summed E-state index contributed by atoms with van der Waals surface area (Å²) in [5.41, 5.74) is 7.88. The summed E-state index contributed by atoms with van der Waals surface area (Å²) in [5.74, 6) is 0. The summed E-state index contributed by atoms with van der Waals surface area (Å²) in [4.78, 5) is 14.2. The Bertz CT molecular complexity index is 1420. The molecule has 0 spiro atoms. The molecule has 0 N–H and O–H groups in total. The Morgan fingerprint density at radius 1 is 0.574 bits per heavy atom. The number of anilines is 3. The highest BCUT2D eigenvalue weighted by atomic mass is 16.5. The van der Waals surface area contributed by atoms with Crippen LogP contribution in [0.2, 0.25) is 0 Å². The summed E-state index contributed by atoms with van der Waals surface area (Å²) in [6, 6.07) is 27.0. The van der Waals surface area contributed by atoms with E-state index in [9.17, 15) is 0 Å². The van der Waals surface area contributed by atoms with Crippen LogP contribution in [0.4, 0.5) is 17.1 Å². The van der Waals surface area contributed by atoms with Crippen molar-refractivity contribution in [2.75, 3.05) is 23.9 Å². The largest absolute Gasteiger partial charge is 0.378 e. The monoisotopic (exact) mass is 632 g/mol. The SMILES string of the molecule is CCCCCCCCc1ccc(N(c2ccc(CCCCCCCC)cc2)C2(c3ccc(N(C)C)cc3)OCc3nccnc32)cc1. The van der Waals surface area contributed by atoms with E-state index in [0.717, 1.165) is 46.9 Å². The molecule has 5 heteroatoms. The summed E-state index contributed by atoms with van der Waals surface area (Å²) >= 11 is 0. The van der Waals surface area contributed by atoms with Crippen molar-refractivity contribution in [2.45, 2.75) is 116 Å². The second kappa shape index (κ2) is 17.5. The lowest BCUT2D eigenvalue weighted by Gasteiger charge is -2.42. The number of rotatable bonds is 19. The third-order valence-corrected chi connectivity index (χ3v) is 9.63. The number of nitrogens with zero attached hydrogens (tertiary/aromatic N) is 4. The van der Waals surface area contributed by atoms with Gasteiger partial charge < -0.3 is 14.5 Å². The molecule has 4 aromatic rings. The molecule has 3 aromatic carbocycles. The molecule has 0 saturated heterocycles. The van der Waals surface area contributed by atoms with Crippen molar-refractivity contribution in [3.8, 4) is 0 Å². The number of fused-ring (bicyclic) bond motifs is 1. The van der Waals surface area contributed by atoms with E-state index >= 15 is 0 Å². The Morgan fingerprint density at radius 3 is 1.55 bits per heavy atom. The normalized spacial score (nSPS) is 15.5. The van der Waals surface area contributed by atoms with Gasteiger partial charge in [0.2, 0.25) is 5.72 Å². The van der Waals surface area contributed by atoms with Crippen LogP contribution < -0.4 is 9.80 Å². The van der Waals surface area contributed by atoms with E-state index in [0.29, 0.717) is 6.61 Å². The molecule has 1 unspecified atom stereocenters. The van der Waals surface area contributed by atoms with E-state index in [1.165, 1.54) is 88.2 Å². The average molecular weight is 633 g/mol. The third-order valence-electron chi connectivity index (χ3n) is 9.63. The molecule has 0 amide bonds. The molecule has 1 atom stereocenters. The van der Waals surface area contributed by atoms with Gasteiger partial charge in [0.15, 0.2) is 0 Å². The van der Waals surface area contributed by atoms with Crippen molar-refractivity contribution >= 4 is 17.1 Å². The lowest BCUT2D eigenvalue weighted by atomic mass is 9.94. The Hall–Kier alpha value is -3.70. The first-order valence-corrected chi connectivity index (χ1v) is 18.3. The van der Waals surface area contributed by atoms with Gasteiger partial charge in [-0.05, 0) is 73.2 Å². The Morgan fingerprint density at radius 2 is 1.04 bits per heavy atom. The van der Waals surface area contributed by atoms with E-state index in [4.69, 9.17) is 14.7 Å². The molecule has 1 aliphatic heterocycles. The first kappa shape index (κ1) is 34.6. The van der Waals surface area contributed by atoms with Gasteiger partial charge >= 0.3 is 0 Å². The quantitative estimate of drug-likeness (QED) is 0.0962. The molecule has 250 valence electrons. The predicted molar refractivity (Wildman–Crippen MR) is 198 cm³/mol. The van der Waals surface area contributed by atoms with Gasteiger partial charge in [-0.1, -0.05) is 114 Å². The van der Waals surface area contributed by atoms with Crippen molar-refractivity contribution in [3.63, 3.8) is 0 Å². The second-order valence-electron chi connectivity index (χ2n) is 13.4. The second-order valence-corrected chi connectivity index (χ2v) is 13.4. The smallest absolute Gasteiger partial charge is 0.217 e. The van der Waals surface area contributed by atoms with Crippen LogP contribution in [0.15, 0.2) is 85.2 Å². The van der Waals surface area contributed by atoms with Crippen LogP contribution in [-0.2, 0) is 29.9 Å². The van der Waals surface area contributed by atoms with Crippen molar-refractivity contribution in [1.29, 1.82) is 0 Å². The van der Waals surface area contributed by atoms with E-state index in [-0.39, 0.29) is 0 Å². The lowest BCUT2D eigenvalue weighted by molar-refractivity contribution is -0.00248. The van der Waals surface area contributed by atoms with Crippen molar-refractivity contribution < 1.29 is 4.74 Å². The van der Waals surface area contributed by atoms with Crippen molar-refractivity contribution in [2.24, 2.45) is 0 Å². The van der Waals surface area contributed by atoms with Gasteiger partial charge in [-0.25, -0.2) is 0 Å². The van der Waals surface area contributed by atoms with Gasteiger partial charge in [-0.15, -0.1) is 0 Å². The number of hydrogen-bond donors (Lipinski definition) is 0. The molecule has 5 nitrogen and oxygen atoms in total. The van der Waals surface area contributed by atoms with E-state index in [1.807, 2.05) is 0 Å². The fraction of sp³-hybridized carbons (Fsp3) is 0.476. The van der Waals surface area contributed by atoms with Crippen LogP contribution in [0.3, 0.4) is 0 Å². The predicted octanol–water partition coefficient (Wildman–Crippen LogP) is 10.9. The molecule has 5 rings (SSSR count). The van der Waals surface area contributed by atoms with Gasteiger partial charge in [0.25, 0.3) is 0 Å². The molecule has 1 aromatic heterocycles. The van der Waals surface area contributed by atoms with Gasteiger partial charge in [0, 0.05) is 49.1 Å². The van der Waals surface area contributed by atoms with Gasteiger partial charge in [-0.2, -0.15) is 0 Å². The van der Waals surface area contributed by atoms with Crippen LogP contribution in [0.25, 0.3) is 0 Å². The molecule has 0 radical (unpaired) electrons. The highest BCUT2D eigenvalue weighted by Gasteiger charge is 2.50. The molecular formula is C42H56N4O. The first-order valence-electron chi connectivity index (χ1n) is 18.3. The van der Waals surface area contributed by atoms with Crippen LogP contribution in [0.1, 0.15) is 119 Å². The summed E-state index contributed by atoms with van der Waals surface area (Å²) in [6.07, 6.45) is 21.5. The Kier molecular flexibility index (Phi) is 12.9.